The second-order valence-electron chi connectivity index (χ2n) is 5.06. The lowest BCUT2D eigenvalue weighted by molar-refractivity contribution is -0.119. The Balaban J connectivity index is 2.07. The summed E-state index contributed by atoms with van der Waals surface area (Å²) >= 11 is 23.4. The van der Waals surface area contributed by atoms with E-state index in [9.17, 15) is 18.0 Å². The maximum Gasteiger partial charge on any atom is 0.338 e. The molecular formula is C15H10Cl4N2O5S. The number of nitrogens with one attached hydrogen (secondary N) is 1. The standard InChI is InChI=1S/C15H10Cl4N2O5S/c16-8-4-10(18)14(11(19)5-8)21-13(22)6-26-15(23)7-1-2-9(17)12(3-7)27(20,24)25/h1-5H,6H2,(H,21,22)(H2,20,24,25). The van der Waals surface area contributed by atoms with Gasteiger partial charge < -0.3 is 10.1 Å². The average Bonchev–Trinajstić information content (AvgIpc) is 2.55. The number of anilines is 1. The molecule has 0 aliphatic carbocycles. The van der Waals surface area contributed by atoms with Crippen LogP contribution in [0.1, 0.15) is 10.4 Å². The number of sulfonamides is 1. The molecule has 0 spiro atoms. The monoisotopic (exact) mass is 470 g/mol. The van der Waals surface area contributed by atoms with Crippen molar-refractivity contribution in [1.29, 1.82) is 0 Å². The van der Waals surface area contributed by atoms with Crippen molar-refractivity contribution >= 4 is 74.0 Å². The highest BCUT2D eigenvalue weighted by atomic mass is 35.5. The topological polar surface area (TPSA) is 116 Å². The van der Waals surface area contributed by atoms with Crippen molar-refractivity contribution in [2.24, 2.45) is 5.14 Å². The van der Waals surface area contributed by atoms with Crippen molar-refractivity contribution in [2.45, 2.75) is 4.90 Å². The van der Waals surface area contributed by atoms with Crippen molar-refractivity contribution in [3.05, 3.63) is 56.0 Å². The van der Waals surface area contributed by atoms with Crippen molar-refractivity contribution < 1.29 is 22.7 Å². The van der Waals surface area contributed by atoms with Crippen LogP contribution in [0.3, 0.4) is 0 Å². The summed E-state index contributed by atoms with van der Waals surface area (Å²) in [6.45, 7) is -0.679. The third kappa shape index (κ3) is 5.71. The Morgan fingerprint density at radius 1 is 1.00 bits per heavy atom. The van der Waals surface area contributed by atoms with Crippen molar-refractivity contribution in [2.75, 3.05) is 11.9 Å². The number of amides is 1. The van der Waals surface area contributed by atoms with Crippen LogP contribution in [0, 0.1) is 0 Å². The summed E-state index contributed by atoms with van der Waals surface area (Å²) in [7, 11) is -4.13. The summed E-state index contributed by atoms with van der Waals surface area (Å²) in [6.07, 6.45) is 0. The van der Waals surface area contributed by atoms with Gasteiger partial charge in [-0.15, -0.1) is 0 Å². The molecule has 1 amide bonds. The van der Waals surface area contributed by atoms with E-state index in [4.69, 9.17) is 56.3 Å². The third-order valence-corrected chi connectivity index (χ3v) is 5.29. The van der Waals surface area contributed by atoms with Gasteiger partial charge in [0, 0.05) is 5.02 Å². The zero-order chi connectivity index (χ0) is 20.4. The van der Waals surface area contributed by atoms with E-state index in [0.29, 0.717) is 0 Å². The molecule has 27 heavy (non-hydrogen) atoms. The number of halogens is 4. The van der Waals surface area contributed by atoms with Crippen LogP contribution >= 0.6 is 46.4 Å². The first-order chi connectivity index (χ1) is 12.5. The van der Waals surface area contributed by atoms with Gasteiger partial charge in [-0.1, -0.05) is 46.4 Å². The van der Waals surface area contributed by atoms with Crippen LogP contribution in [0.2, 0.25) is 20.1 Å². The van der Waals surface area contributed by atoms with Crippen molar-refractivity contribution in [3.8, 4) is 0 Å². The number of rotatable bonds is 5. The third-order valence-electron chi connectivity index (χ3n) is 3.08. The minimum atomic E-state index is -4.13. The lowest BCUT2D eigenvalue weighted by Crippen LogP contribution is -2.21. The molecule has 0 radical (unpaired) electrons. The number of hydrogen-bond donors (Lipinski definition) is 2. The molecule has 0 aliphatic rings. The highest BCUT2D eigenvalue weighted by Gasteiger charge is 2.18. The van der Waals surface area contributed by atoms with Crippen molar-refractivity contribution in [1.82, 2.24) is 0 Å². The van der Waals surface area contributed by atoms with E-state index in [0.717, 1.165) is 6.07 Å². The summed E-state index contributed by atoms with van der Waals surface area (Å²) in [6, 6.07) is 6.10. The van der Waals surface area contributed by atoms with E-state index < -0.39 is 33.4 Å². The Morgan fingerprint density at radius 3 is 2.15 bits per heavy atom. The second-order valence-corrected chi connectivity index (χ2v) is 8.25. The number of esters is 1. The highest BCUT2D eigenvalue weighted by Crippen LogP contribution is 2.33. The van der Waals surface area contributed by atoms with Gasteiger partial charge in [0.2, 0.25) is 10.0 Å². The zero-order valence-electron chi connectivity index (χ0n) is 13.1. The Hall–Kier alpha value is -1.55. The Kier molecular flexibility index (Phi) is 6.96. The molecule has 2 rings (SSSR count). The van der Waals surface area contributed by atoms with Crippen molar-refractivity contribution in [3.63, 3.8) is 0 Å². The molecule has 3 N–H and O–H groups in total. The summed E-state index contributed by atoms with van der Waals surface area (Å²) in [5.41, 5.74) is -0.0504. The van der Waals surface area contributed by atoms with Gasteiger partial charge in [-0.2, -0.15) is 0 Å². The first-order valence-corrected chi connectivity index (χ1v) is 9.98. The maximum absolute atomic E-state index is 12.0. The summed E-state index contributed by atoms with van der Waals surface area (Å²) < 4.78 is 27.7. The first-order valence-electron chi connectivity index (χ1n) is 6.93. The van der Waals surface area contributed by atoms with Crippen LogP contribution in [0.5, 0.6) is 0 Å². The fraction of sp³-hybridized carbons (Fsp3) is 0.0667. The molecule has 0 bridgehead atoms. The van der Waals surface area contributed by atoms with Crippen LogP contribution in [-0.2, 0) is 19.6 Å². The fourth-order valence-corrected chi connectivity index (χ4v) is 3.88. The molecule has 144 valence electrons. The molecule has 0 saturated heterocycles. The molecule has 0 atom stereocenters. The van der Waals surface area contributed by atoms with Gasteiger partial charge in [-0.05, 0) is 30.3 Å². The van der Waals surface area contributed by atoms with E-state index in [-0.39, 0.29) is 31.3 Å². The Labute approximate surface area is 174 Å². The largest absolute Gasteiger partial charge is 0.452 e. The predicted octanol–water partition coefficient (Wildman–Crippen LogP) is 3.74. The van der Waals surface area contributed by atoms with Crippen LogP contribution in [-0.4, -0.2) is 26.9 Å². The maximum atomic E-state index is 12.0. The number of nitrogens with two attached hydrogens (primary N) is 1. The molecule has 0 aliphatic heterocycles. The van der Waals surface area contributed by atoms with Crippen LogP contribution < -0.4 is 10.5 Å². The minimum absolute atomic E-state index is 0.0997. The van der Waals surface area contributed by atoms with Gasteiger partial charge in [-0.3, -0.25) is 4.79 Å². The van der Waals surface area contributed by atoms with Crippen LogP contribution in [0.25, 0.3) is 0 Å². The summed E-state index contributed by atoms with van der Waals surface area (Å²) in [5, 5.41) is 7.72. The molecular weight excluding hydrogens is 462 g/mol. The molecule has 0 unspecified atom stereocenters. The quantitative estimate of drug-likeness (QED) is 0.644. The molecule has 0 fully saturated rings. The normalized spacial score (nSPS) is 11.1. The molecule has 2 aromatic carbocycles. The van der Waals surface area contributed by atoms with E-state index in [1.54, 1.807) is 0 Å². The van der Waals surface area contributed by atoms with E-state index in [1.165, 1.54) is 24.3 Å². The fourth-order valence-electron chi connectivity index (χ4n) is 1.90. The number of ether oxygens (including phenoxy) is 1. The lowest BCUT2D eigenvalue weighted by atomic mass is 10.2. The Morgan fingerprint density at radius 2 is 1.59 bits per heavy atom. The minimum Gasteiger partial charge on any atom is -0.452 e. The molecule has 12 heteroatoms. The van der Waals surface area contributed by atoms with Gasteiger partial charge in [0.25, 0.3) is 5.91 Å². The number of benzene rings is 2. The Bertz CT molecular complexity index is 1000. The smallest absolute Gasteiger partial charge is 0.338 e. The van der Waals surface area contributed by atoms with Gasteiger partial charge in [0.15, 0.2) is 6.61 Å². The second kappa shape index (κ2) is 8.64. The first kappa shape index (κ1) is 21.7. The van der Waals surface area contributed by atoms with Crippen LogP contribution in [0.15, 0.2) is 35.2 Å². The SMILES string of the molecule is NS(=O)(=O)c1cc(C(=O)OCC(=O)Nc2c(Cl)cc(Cl)cc2Cl)ccc1Cl. The zero-order valence-corrected chi connectivity index (χ0v) is 17.0. The number of carbonyl (C=O) groups excluding carboxylic acids is 2. The molecule has 0 saturated carbocycles. The van der Waals surface area contributed by atoms with Gasteiger partial charge >= 0.3 is 5.97 Å². The highest BCUT2D eigenvalue weighted by molar-refractivity contribution is 7.89. The van der Waals surface area contributed by atoms with Gasteiger partial charge in [0.05, 0.1) is 26.3 Å². The van der Waals surface area contributed by atoms with E-state index in [2.05, 4.69) is 5.32 Å². The number of carbonyl (C=O) groups is 2. The van der Waals surface area contributed by atoms with Gasteiger partial charge in [0.1, 0.15) is 4.90 Å². The van der Waals surface area contributed by atoms with E-state index in [1.807, 2.05) is 0 Å². The lowest BCUT2D eigenvalue weighted by Gasteiger charge is -2.10. The molecule has 7 nitrogen and oxygen atoms in total. The van der Waals surface area contributed by atoms with Gasteiger partial charge in [-0.25, -0.2) is 18.4 Å². The molecule has 0 heterocycles. The summed E-state index contributed by atoms with van der Waals surface area (Å²) in [5.74, 6) is -1.69. The predicted molar refractivity (Wildman–Crippen MR) is 103 cm³/mol. The number of hydrogen-bond acceptors (Lipinski definition) is 5. The number of primary sulfonamides is 1. The summed E-state index contributed by atoms with van der Waals surface area (Å²) in [4.78, 5) is 23.5. The average molecular weight is 472 g/mol. The van der Waals surface area contributed by atoms with E-state index >= 15 is 0 Å². The molecule has 2 aromatic rings. The molecule has 0 aromatic heterocycles. The van der Waals surface area contributed by atoms with Crippen LogP contribution in [0.4, 0.5) is 5.69 Å².